The molecule has 3 nitrogen and oxygen atoms in total. The Morgan fingerprint density at radius 3 is 2.27 bits per heavy atom. The third kappa shape index (κ3) is 3.07. The van der Waals surface area contributed by atoms with E-state index >= 15 is 0 Å². The SMILES string of the molecule is CC.Oc1ccc(-c2cn(P)cn2)cc1. The van der Waals surface area contributed by atoms with E-state index in [9.17, 15) is 0 Å². The van der Waals surface area contributed by atoms with E-state index in [0.29, 0.717) is 0 Å². The molecule has 15 heavy (non-hydrogen) atoms. The molecule has 2 rings (SSSR count). The summed E-state index contributed by atoms with van der Waals surface area (Å²) in [5.74, 6) is 0.272. The van der Waals surface area contributed by atoms with Crippen molar-refractivity contribution in [1.82, 2.24) is 9.32 Å². The number of benzene rings is 1. The van der Waals surface area contributed by atoms with Crippen LogP contribution in [-0.2, 0) is 0 Å². The number of phenols is 1. The van der Waals surface area contributed by atoms with E-state index in [-0.39, 0.29) is 5.75 Å². The summed E-state index contributed by atoms with van der Waals surface area (Å²) < 4.78 is 1.81. The molecule has 0 bridgehead atoms. The van der Waals surface area contributed by atoms with Crippen molar-refractivity contribution < 1.29 is 5.11 Å². The van der Waals surface area contributed by atoms with Gasteiger partial charge in [-0.05, 0) is 33.7 Å². The van der Waals surface area contributed by atoms with Gasteiger partial charge < -0.3 is 9.44 Å². The van der Waals surface area contributed by atoms with E-state index < -0.39 is 0 Å². The molecule has 0 spiro atoms. The van der Waals surface area contributed by atoms with Crippen molar-refractivity contribution in [2.45, 2.75) is 13.8 Å². The minimum atomic E-state index is 0.272. The minimum Gasteiger partial charge on any atom is -0.508 e. The predicted molar refractivity (Wildman–Crippen MR) is 65.8 cm³/mol. The number of hydrogen-bond acceptors (Lipinski definition) is 2. The lowest BCUT2D eigenvalue weighted by Crippen LogP contribution is -1.75. The highest BCUT2D eigenvalue weighted by atomic mass is 31.0. The second-order valence-electron chi connectivity index (χ2n) is 2.75. The lowest BCUT2D eigenvalue weighted by molar-refractivity contribution is 0.475. The minimum absolute atomic E-state index is 0.272. The number of aromatic hydroxyl groups is 1. The highest BCUT2D eigenvalue weighted by molar-refractivity contribution is 7.14. The highest BCUT2D eigenvalue weighted by Gasteiger charge is 1.99. The van der Waals surface area contributed by atoms with E-state index in [1.807, 2.05) is 36.5 Å². The van der Waals surface area contributed by atoms with Crippen LogP contribution in [0.4, 0.5) is 0 Å². The molecular formula is C11H15N2OP. The molecule has 1 unspecified atom stereocenters. The van der Waals surface area contributed by atoms with Gasteiger partial charge in [0, 0.05) is 11.8 Å². The molecule has 0 aliphatic heterocycles. The molecule has 0 radical (unpaired) electrons. The number of aromatic nitrogens is 2. The van der Waals surface area contributed by atoms with Gasteiger partial charge in [0.1, 0.15) is 5.75 Å². The van der Waals surface area contributed by atoms with Gasteiger partial charge in [0.15, 0.2) is 0 Å². The van der Waals surface area contributed by atoms with Crippen molar-refractivity contribution in [2.24, 2.45) is 0 Å². The quantitative estimate of drug-likeness (QED) is 0.753. The smallest absolute Gasteiger partial charge is 0.115 e. The van der Waals surface area contributed by atoms with Crippen LogP contribution in [0.1, 0.15) is 13.8 Å². The second-order valence-corrected chi connectivity index (χ2v) is 3.35. The second kappa shape index (κ2) is 5.52. The van der Waals surface area contributed by atoms with Gasteiger partial charge in [-0.1, -0.05) is 13.8 Å². The summed E-state index contributed by atoms with van der Waals surface area (Å²) in [5, 5.41) is 9.08. The maximum Gasteiger partial charge on any atom is 0.115 e. The van der Waals surface area contributed by atoms with E-state index in [1.54, 1.807) is 18.5 Å². The molecule has 0 aliphatic carbocycles. The zero-order chi connectivity index (χ0) is 11.3. The first kappa shape index (κ1) is 11.7. The molecule has 1 aromatic carbocycles. The Morgan fingerprint density at radius 2 is 1.80 bits per heavy atom. The molecule has 1 N–H and O–H groups in total. The third-order valence-corrected chi connectivity index (χ3v) is 2.05. The monoisotopic (exact) mass is 222 g/mol. The van der Waals surface area contributed by atoms with Crippen molar-refractivity contribution in [3.05, 3.63) is 36.8 Å². The molecule has 1 atom stereocenters. The van der Waals surface area contributed by atoms with Gasteiger partial charge in [0.05, 0.1) is 12.0 Å². The Kier molecular flexibility index (Phi) is 4.32. The summed E-state index contributed by atoms with van der Waals surface area (Å²) in [6, 6.07) is 6.97. The number of imidazole rings is 1. The molecule has 1 heterocycles. The van der Waals surface area contributed by atoms with Crippen LogP contribution in [0.15, 0.2) is 36.8 Å². The Morgan fingerprint density at radius 1 is 1.20 bits per heavy atom. The largest absolute Gasteiger partial charge is 0.508 e. The van der Waals surface area contributed by atoms with Gasteiger partial charge in [-0.25, -0.2) is 4.98 Å². The number of rotatable bonds is 1. The van der Waals surface area contributed by atoms with Gasteiger partial charge in [-0.3, -0.25) is 0 Å². The van der Waals surface area contributed by atoms with Crippen LogP contribution in [-0.4, -0.2) is 14.4 Å². The molecule has 0 saturated heterocycles. The molecular weight excluding hydrogens is 207 g/mol. The van der Waals surface area contributed by atoms with Crippen LogP contribution in [0.2, 0.25) is 0 Å². The van der Waals surface area contributed by atoms with Gasteiger partial charge in [-0.15, -0.1) is 0 Å². The maximum absolute atomic E-state index is 9.08. The Bertz CT molecular complexity index is 409. The van der Waals surface area contributed by atoms with Crippen LogP contribution in [0, 0.1) is 0 Å². The first-order valence-electron chi connectivity index (χ1n) is 4.84. The number of nitrogens with zero attached hydrogens (tertiary/aromatic N) is 2. The third-order valence-electron chi connectivity index (χ3n) is 1.76. The van der Waals surface area contributed by atoms with E-state index in [4.69, 9.17) is 5.11 Å². The van der Waals surface area contributed by atoms with Gasteiger partial charge >= 0.3 is 0 Å². The summed E-state index contributed by atoms with van der Waals surface area (Å²) in [6.45, 7) is 4.00. The molecule has 1 aromatic heterocycles. The normalized spacial score (nSPS) is 9.27. The zero-order valence-electron chi connectivity index (χ0n) is 8.88. The van der Waals surface area contributed by atoms with Gasteiger partial charge in [0.2, 0.25) is 0 Å². The van der Waals surface area contributed by atoms with Crippen LogP contribution < -0.4 is 0 Å². The summed E-state index contributed by atoms with van der Waals surface area (Å²) in [6.07, 6.45) is 3.61. The fraction of sp³-hybridized carbons (Fsp3) is 0.182. The summed E-state index contributed by atoms with van der Waals surface area (Å²) in [5.41, 5.74) is 1.90. The molecule has 0 aliphatic rings. The van der Waals surface area contributed by atoms with Crippen molar-refractivity contribution in [1.29, 1.82) is 0 Å². The first-order chi connectivity index (χ1) is 7.25. The van der Waals surface area contributed by atoms with E-state index in [0.717, 1.165) is 11.3 Å². The van der Waals surface area contributed by atoms with Crippen LogP contribution >= 0.6 is 9.39 Å². The molecule has 0 amide bonds. The predicted octanol–water partition coefficient (Wildman–Crippen LogP) is 2.92. The zero-order valence-corrected chi connectivity index (χ0v) is 10.0. The van der Waals surface area contributed by atoms with Crippen LogP contribution in [0.5, 0.6) is 5.75 Å². The van der Waals surface area contributed by atoms with Gasteiger partial charge in [0.25, 0.3) is 0 Å². The molecule has 2 aromatic rings. The fourth-order valence-electron chi connectivity index (χ4n) is 1.12. The van der Waals surface area contributed by atoms with Crippen LogP contribution in [0.25, 0.3) is 11.3 Å². The fourth-order valence-corrected chi connectivity index (χ4v) is 1.33. The number of phenolic OH excluding ortho intramolecular Hbond substituents is 1. The lowest BCUT2D eigenvalue weighted by Gasteiger charge is -1.95. The highest BCUT2D eigenvalue weighted by Crippen LogP contribution is 2.20. The Balaban J connectivity index is 0.000000531. The van der Waals surface area contributed by atoms with Crippen molar-refractivity contribution >= 4 is 9.39 Å². The Labute approximate surface area is 92.0 Å². The molecule has 80 valence electrons. The number of hydrogen-bond donors (Lipinski definition) is 1. The first-order valence-corrected chi connectivity index (χ1v) is 5.36. The summed E-state index contributed by atoms with van der Waals surface area (Å²) in [4.78, 5) is 4.18. The molecule has 0 fully saturated rings. The van der Waals surface area contributed by atoms with Crippen molar-refractivity contribution in [3.63, 3.8) is 0 Å². The van der Waals surface area contributed by atoms with Crippen molar-refractivity contribution in [2.75, 3.05) is 0 Å². The van der Waals surface area contributed by atoms with Gasteiger partial charge in [-0.2, -0.15) is 0 Å². The summed E-state index contributed by atoms with van der Waals surface area (Å²) in [7, 11) is 2.51. The topological polar surface area (TPSA) is 38.0 Å². The standard InChI is InChI=1S/C9H9N2OP.C2H6/c12-8-3-1-7(2-4-8)9-5-11(13)6-10-9;1-2/h1-6,12H,13H2;1-2H3. The maximum atomic E-state index is 9.08. The Hall–Kier alpha value is -1.34. The lowest BCUT2D eigenvalue weighted by atomic mass is 10.2. The van der Waals surface area contributed by atoms with Crippen LogP contribution in [0.3, 0.4) is 0 Å². The van der Waals surface area contributed by atoms with E-state index in [2.05, 4.69) is 14.4 Å². The van der Waals surface area contributed by atoms with Crippen molar-refractivity contribution in [3.8, 4) is 17.0 Å². The van der Waals surface area contributed by atoms with E-state index in [1.165, 1.54) is 0 Å². The average Bonchev–Trinajstić information content (AvgIpc) is 2.69. The average molecular weight is 222 g/mol. The summed E-state index contributed by atoms with van der Waals surface area (Å²) >= 11 is 0. The molecule has 4 heteroatoms. The molecule has 0 saturated carbocycles.